The van der Waals surface area contributed by atoms with Gasteiger partial charge in [0.25, 0.3) is 0 Å². The van der Waals surface area contributed by atoms with E-state index in [1.807, 2.05) is 0 Å². The van der Waals surface area contributed by atoms with Crippen molar-refractivity contribution in [3.63, 3.8) is 0 Å². The third kappa shape index (κ3) is 5.00. The van der Waals surface area contributed by atoms with E-state index >= 15 is 0 Å². The Bertz CT molecular complexity index is 105. The van der Waals surface area contributed by atoms with Crippen molar-refractivity contribution in [2.75, 3.05) is 0 Å². The van der Waals surface area contributed by atoms with Crippen LogP contribution in [0.3, 0.4) is 0 Å². The third-order valence-corrected chi connectivity index (χ3v) is 2.11. The molecule has 1 unspecified atom stereocenters. The second-order valence-electron chi connectivity index (χ2n) is 4.02. The molecule has 0 aromatic rings. The summed E-state index contributed by atoms with van der Waals surface area (Å²) in [6, 6.07) is 0. The summed E-state index contributed by atoms with van der Waals surface area (Å²) in [6.45, 7) is 8.61. The fourth-order valence-electron chi connectivity index (χ4n) is 1.08. The predicted octanol–water partition coefficient (Wildman–Crippen LogP) is 2.89. The lowest BCUT2D eigenvalue weighted by Crippen LogP contribution is -2.10. The highest BCUT2D eigenvalue weighted by molar-refractivity contribution is 5.53. The highest BCUT2D eigenvalue weighted by atomic mass is 16.1. The topological polar surface area (TPSA) is 17.1 Å². The first-order valence-corrected chi connectivity index (χ1v) is 4.53. The van der Waals surface area contributed by atoms with E-state index in [0.717, 1.165) is 18.6 Å². The minimum absolute atomic E-state index is 0.275. The molecule has 0 aliphatic rings. The summed E-state index contributed by atoms with van der Waals surface area (Å²) in [5.74, 6) is 1.50. The van der Waals surface area contributed by atoms with Gasteiger partial charge in [-0.05, 0) is 18.3 Å². The van der Waals surface area contributed by atoms with Gasteiger partial charge < -0.3 is 4.79 Å². The lowest BCUT2D eigenvalue weighted by atomic mass is 9.90. The molecule has 0 saturated heterocycles. The highest BCUT2D eigenvalue weighted by Crippen LogP contribution is 2.17. The summed E-state index contributed by atoms with van der Waals surface area (Å²) in [6.07, 6.45) is 3.33. The first-order valence-electron chi connectivity index (χ1n) is 4.53. The molecule has 1 nitrogen and oxygen atoms in total. The molecule has 1 heteroatoms. The SMILES string of the molecule is CC(C)CCC(C=O)C(C)C. The van der Waals surface area contributed by atoms with E-state index in [1.54, 1.807) is 0 Å². The van der Waals surface area contributed by atoms with Crippen LogP contribution < -0.4 is 0 Å². The summed E-state index contributed by atoms with van der Waals surface area (Å²) in [4.78, 5) is 10.6. The van der Waals surface area contributed by atoms with E-state index in [9.17, 15) is 4.79 Å². The van der Waals surface area contributed by atoms with E-state index < -0.39 is 0 Å². The molecule has 0 aromatic carbocycles. The fraction of sp³-hybridized carbons (Fsp3) is 0.900. The molecule has 0 N–H and O–H groups in total. The van der Waals surface area contributed by atoms with Gasteiger partial charge in [-0.3, -0.25) is 0 Å². The van der Waals surface area contributed by atoms with Crippen molar-refractivity contribution in [3.8, 4) is 0 Å². The summed E-state index contributed by atoms with van der Waals surface area (Å²) < 4.78 is 0. The second-order valence-corrected chi connectivity index (χ2v) is 4.02. The Morgan fingerprint density at radius 1 is 1.09 bits per heavy atom. The molecule has 0 radical (unpaired) electrons. The number of hydrogen-bond acceptors (Lipinski definition) is 1. The minimum Gasteiger partial charge on any atom is -0.303 e. The molecule has 0 spiro atoms. The number of aldehydes is 1. The molecule has 0 rings (SSSR count). The van der Waals surface area contributed by atoms with Gasteiger partial charge in [-0.15, -0.1) is 0 Å². The van der Waals surface area contributed by atoms with Gasteiger partial charge >= 0.3 is 0 Å². The van der Waals surface area contributed by atoms with Gasteiger partial charge in [-0.2, -0.15) is 0 Å². The fourth-order valence-corrected chi connectivity index (χ4v) is 1.08. The van der Waals surface area contributed by atoms with Crippen LogP contribution >= 0.6 is 0 Å². The standard InChI is InChI=1S/C10H20O/c1-8(2)5-6-10(7-11)9(3)4/h7-10H,5-6H2,1-4H3. The predicted molar refractivity (Wildman–Crippen MR) is 48.5 cm³/mol. The van der Waals surface area contributed by atoms with Crippen LogP contribution in [0.1, 0.15) is 40.5 Å². The van der Waals surface area contributed by atoms with E-state index in [1.165, 1.54) is 6.42 Å². The Labute approximate surface area is 70.2 Å². The van der Waals surface area contributed by atoms with Crippen molar-refractivity contribution in [2.24, 2.45) is 17.8 Å². The number of hydrogen-bond donors (Lipinski definition) is 0. The first kappa shape index (κ1) is 10.7. The molecule has 0 amide bonds. The van der Waals surface area contributed by atoms with Crippen LogP contribution in [-0.2, 0) is 4.79 Å². The zero-order valence-corrected chi connectivity index (χ0v) is 8.13. The third-order valence-electron chi connectivity index (χ3n) is 2.11. The summed E-state index contributed by atoms with van der Waals surface area (Å²) >= 11 is 0. The summed E-state index contributed by atoms with van der Waals surface area (Å²) in [5, 5.41) is 0. The van der Waals surface area contributed by atoms with Crippen molar-refractivity contribution in [1.82, 2.24) is 0 Å². The van der Waals surface area contributed by atoms with Crippen LogP contribution in [0.15, 0.2) is 0 Å². The maximum Gasteiger partial charge on any atom is 0.123 e. The smallest absolute Gasteiger partial charge is 0.123 e. The maximum atomic E-state index is 10.6. The van der Waals surface area contributed by atoms with Gasteiger partial charge in [0.05, 0.1) is 0 Å². The molecular weight excluding hydrogens is 136 g/mol. The quantitative estimate of drug-likeness (QED) is 0.559. The molecule has 0 saturated carbocycles. The van der Waals surface area contributed by atoms with Crippen LogP contribution in [0, 0.1) is 17.8 Å². The van der Waals surface area contributed by atoms with E-state index in [-0.39, 0.29) is 5.92 Å². The molecule has 0 bridgehead atoms. The van der Waals surface area contributed by atoms with Crippen LogP contribution in [0.4, 0.5) is 0 Å². The summed E-state index contributed by atoms with van der Waals surface area (Å²) in [5.41, 5.74) is 0. The maximum absolute atomic E-state index is 10.6. The molecule has 0 aliphatic carbocycles. The van der Waals surface area contributed by atoms with Crippen molar-refractivity contribution < 1.29 is 4.79 Å². The van der Waals surface area contributed by atoms with Crippen LogP contribution in [-0.4, -0.2) is 6.29 Å². The molecule has 1 atom stereocenters. The monoisotopic (exact) mass is 156 g/mol. The number of rotatable bonds is 5. The van der Waals surface area contributed by atoms with Crippen LogP contribution in [0.25, 0.3) is 0 Å². The summed E-state index contributed by atoms with van der Waals surface area (Å²) in [7, 11) is 0. The lowest BCUT2D eigenvalue weighted by Gasteiger charge is -2.14. The lowest BCUT2D eigenvalue weighted by molar-refractivity contribution is -0.112. The Morgan fingerprint density at radius 3 is 1.91 bits per heavy atom. The van der Waals surface area contributed by atoms with Gasteiger partial charge in [0.1, 0.15) is 6.29 Å². The molecule has 0 heterocycles. The Kier molecular flexibility index (Phi) is 5.18. The van der Waals surface area contributed by atoms with Crippen molar-refractivity contribution >= 4 is 6.29 Å². The largest absolute Gasteiger partial charge is 0.303 e. The number of carbonyl (C=O) groups excluding carboxylic acids is 1. The van der Waals surface area contributed by atoms with Gasteiger partial charge in [0, 0.05) is 5.92 Å². The van der Waals surface area contributed by atoms with Crippen molar-refractivity contribution in [1.29, 1.82) is 0 Å². The molecule has 11 heavy (non-hydrogen) atoms. The average molecular weight is 156 g/mol. The Morgan fingerprint density at radius 2 is 1.64 bits per heavy atom. The molecule has 0 aromatic heterocycles. The molecule has 0 fully saturated rings. The van der Waals surface area contributed by atoms with E-state index in [2.05, 4.69) is 27.7 Å². The average Bonchev–Trinajstić information content (AvgIpc) is 1.87. The van der Waals surface area contributed by atoms with Gasteiger partial charge in [0.15, 0.2) is 0 Å². The first-order chi connectivity index (χ1) is 5.07. The van der Waals surface area contributed by atoms with Crippen LogP contribution in [0.2, 0.25) is 0 Å². The van der Waals surface area contributed by atoms with Gasteiger partial charge in [-0.25, -0.2) is 0 Å². The molecule has 0 aliphatic heterocycles. The zero-order chi connectivity index (χ0) is 8.85. The normalized spacial score (nSPS) is 14.0. The molecular formula is C10H20O. The second kappa shape index (κ2) is 5.34. The van der Waals surface area contributed by atoms with Crippen molar-refractivity contribution in [2.45, 2.75) is 40.5 Å². The number of carbonyl (C=O) groups is 1. The molecule has 66 valence electrons. The highest BCUT2D eigenvalue weighted by Gasteiger charge is 2.11. The Hall–Kier alpha value is -0.330. The van der Waals surface area contributed by atoms with Gasteiger partial charge in [-0.1, -0.05) is 34.1 Å². The minimum atomic E-state index is 0.275. The Balaban J connectivity index is 3.61. The van der Waals surface area contributed by atoms with Crippen LogP contribution in [0.5, 0.6) is 0 Å². The van der Waals surface area contributed by atoms with E-state index in [4.69, 9.17) is 0 Å². The van der Waals surface area contributed by atoms with Crippen molar-refractivity contribution in [3.05, 3.63) is 0 Å². The van der Waals surface area contributed by atoms with E-state index in [0.29, 0.717) is 5.92 Å². The van der Waals surface area contributed by atoms with Gasteiger partial charge in [0.2, 0.25) is 0 Å². The zero-order valence-electron chi connectivity index (χ0n) is 8.13.